The van der Waals surface area contributed by atoms with E-state index in [2.05, 4.69) is 19.9 Å². The van der Waals surface area contributed by atoms with Crippen molar-refractivity contribution in [3.63, 3.8) is 0 Å². The number of nitrogens with zero attached hydrogens (tertiary/aromatic N) is 5. The first kappa shape index (κ1) is 25.1. The summed E-state index contributed by atoms with van der Waals surface area (Å²) in [5.41, 5.74) is 8.67. The van der Waals surface area contributed by atoms with Crippen LogP contribution in [-0.2, 0) is 0 Å². The number of nitrogens with two attached hydrogens (primary N) is 1. The van der Waals surface area contributed by atoms with Gasteiger partial charge in [0, 0.05) is 18.7 Å². The van der Waals surface area contributed by atoms with Crippen LogP contribution in [-0.4, -0.2) is 58.2 Å². The van der Waals surface area contributed by atoms with E-state index < -0.39 is 0 Å². The van der Waals surface area contributed by atoms with Gasteiger partial charge in [-0.25, -0.2) is 9.97 Å². The van der Waals surface area contributed by atoms with Crippen LogP contribution in [0.4, 0.5) is 11.8 Å². The molecule has 0 aliphatic carbocycles. The Labute approximate surface area is 180 Å². The number of rotatable bonds is 4. The number of halogens is 1. The first-order chi connectivity index (χ1) is 13.2. The summed E-state index contributed by atoms with van der Waals surface area (Å²) in [4.78, 5) is 20.2. The first-order valence-electron chi connectivity index (χ1n) is 8.97. The third-order valence-corrected chi connectivity index (χ3v) is 4.74. The molecule has 3 aromatic rings. The van der Waals surface area contributed by atoms with E-state index >= 15 is 0 Å². The third-order valence-electron chi connectivity index (χ3n) is 4.74. The van der Waals surface area contributed by atoms with Gasteiger partial charge in [-0.2, -0.15) is 9.97 Å². The molecule has 164 valence electrons. The van der Waals surface area contributed by atoms with E-state index in [0.717, 1.165) is 43.0 Å². The minimum absolute atomic E-state index is 0. The topological polar surface area (TPSA) is 162 Å². The molecule has 0 saturated carbocycles. The second-order valence-electron chi connectivity index (χ2n) is 6.45. The molecule has 0 amide bonds. The molecule has 1 aliphatic rings. The second kappa shape index (κ2) is 10.7. The predicted molar refractivity (Wildman–Crippen MR) is 119 cm³/mol. The van der Waals surface area contributed by atoms with E-state index in [4.69, 9.17) is 20.2 Å². The number of nitrogen functional groups attached to an aromatic ring is 1. The van der Waals surface area contributed by atoms with Crippen molar-refractivity contribution >= 4 is 35.3 Å². The van der Waals surface area contributed by atoms with E-state index in [1.54, 1.807) is 20.4 Å². The van der Waals surface area contributed by atoms with Gasteiger partial charge in [0.15, 0.2) is 28.5 Å². The van der Waals surface area contributed by atoms with Crippen LogP contribution in [0.1, 0.15) is 19.3 Å². The number of hydrogen-bond acceptors (Lipinski definition) is 8. The Kier molecular flexibility index (Phi) is 8.96. The van der Waals surface area contributed by atoms with Gasteiger partial charge in [0.25, 0.3) is 0 Å². The van der Waals surface area contributed by atoms with Crippen LogP contribution in [0.15, 0.2) is 24.4 Å². The van der Waals surface area contributed by atoms with Crippen LogP contribution in [0.25, 0.3) is 22.4 Å². The standard InChI is InChI=1S/C19H22N6O2.ClH.2H2O/c1-26-14-7-6-12(10-15(14)27-2)13-11-21-17-16(22-13)18(24-19(20)23-17)25-8-4-3-5-9-25;;;/h6-7,10-11H,3-5,8-9H2,1-2H3,(H2,20,21,23,24);1H;2*1H2. The van der Waals surface area contributed by atoms with E-state index in [-0.39, 0.29) is 29.3 Å². The van der Waals surface area contributed by atoms with Gasteiger partial charge in [-0.3, -0.25) is 0 Å². The molecular formula is C19H27ClN6O4. The molecule has 30 heavy (non-hydrogen) atoms. The van der Waals surface area contributed by atoms with Gasteiger partial charge in [-0.1, -0.05) is 0 Å². The Hall–Kier alpha value is -2.95. The summed E-state index contributed by atoms with van der Waals surface area (Å²) in [5, 5.41) is 0. The number of methoxy groups -OCH3 is 2. The molecule has 1 fully saturated rings. The molecule has 10 nitrogen and oxygen atoms in total. The zero-order valence-electron chi connectivity index (χ0n) is 16.9. The maximum atomic E-state index is 5.90. The molecule has 0 bridgehead atoms. The molecule has 0 unspecified atom stereocenters. The Morgan fingerprint density at radius 2 is 1.63 bits per heavy atom. The van der Waals surface area contributed by atoms with E-state index in [0.29, 0.717) is 22.7 Å². The maximum absolute atomic E-state index is 5.90. The van der Waals surface area contributed by atoms with E-state index in [1.807, 2.05) is 18.2 Å². The van der Waals surface area contributed by atoms with Gasteiger partial charge in [0.05, 0.1) is 26.1 Å². The molecule has 0 atom stereocenters. The molecule has 6 N–H and O–H groups in total. The van der Waals surface area contributed by atoms with Crippen molar-refractivity contribution < 1.29 is 20.4 Å². The van der Waals surface area contributed by atoms with Crippen molar-refractivity contribution in [2.45, 2.75) is 19.3 Å². The Morgan fingerprint density at radius 1 is 0.933 bits per heavy atom. The molecule has 1 aromatic carbocycles. The van der Waals surface area contributed by atoms with Crippen LogP contribution in [0.5, 0.6) is 11.5 Å². The lowest BCUT2D eigenvalue weighted by Gasteiger charge is -2.28. The van der Waals surface area contributed by atoms with Crippen molar-refractivity contribution in [2.24, 2.45) is 0 Å². The molecule has 0 spiro atoms. The number of anilines is 2. The summed E-state index contributed by atoms with van der Waals surface area (Å²) in [6.07, 6.45) is 5.19. The maximum Gasteiger partial charge on any atom is 0.224 e. The minimum atomic E-state index is 0. The molecule has 1 saturated heterocycles. The summed E-state index contributed by atoms with van der Waals surface area (Å²) >= 11 is 0. The van der Waals surface area contributed by atoms with Crippen LogP contribution in [0, 0.1) is 0 Å². The van der Waals surface area contributed by atoms with Crippen LogP contribution in [0.3, 0.4) is 0 Å². The molecule has 4 rings (SSSR count). The van der Waals surface area contributed by atoms with Gasteiger partial charge in [-0.15, -0.1) is 12.4 Å². The van der Waals surface area contributed by atoms with Gasteiger partial charge >= 0.3 is 0 Å². The molecular weight excluding hydrogens is 412 g/mol. The van der Waals surface area contributed by atoms with Gasteiger partial charge < -0.3 is 31.1 Å². The predicted octanol–water partition coefficient (Wildman–Crippen LogP) is 1.45. The highest BCUT2D eigenvalue weighted by Crippen LogP contribution is 2.33. The number of fused-ring (bicyclic) bond motifs is 1. The lowest BCUT2D eigenvalue weighted by atomic mass is 10.1. The SMILES string of the molecule is COc1ccc(-c2cnc3nc(N)nc(N4CCCCC4)c3n2)cc1OC.Cl.O.O. The van der Waals surface area contributed by atoms with Crippen molar-refractivity contribution in [3.05, 3.63) is 24.4 Å². The molecule has 1 aliphatic heterocycles. The quantitative estimate of drug-likeness (QED) is 0.639. The monoisotopic (exact) mass is 438 g/mol. The van der Waals surface area contributed by atoms with Crippen LogP contribution < -0.4 is 20.1 Å². The van der Waals surface area contributed by atoms with Gasteiger partial charge in [0.2, 0.25) is 5.95 Å². The lowest BCUT2D eigenvalue weighted by Crippen LogP contribution is -2.30. The number of hydrogen-bond donors (Lipinski definition) is 1. The summed E-state index contributed by atoms with van der Waals surface area (Å²) < 4.78 is 10.7. The van der Waals surface area contributed by atoms with Crippen molar-refractivity contribution in [2.75, 3.05) is 37.9 Å². The van der Waals surface area contributed by atoms with Crippen molar-refractivity contribution in [1.82, 2.24) is 19.9 Å². The highest BCUT2D eigenvalue weighted by Gasteiger charge is 2.19. The van der Waals surface area contributed by atoms with Crippen LogP contribution >= 0.6 is 12.4 Å². The number of aromatic nitrogens is 4. The van der Waals surface area contributed by atoms with Crippen molar-refractivity contribution in [1.29, 1.82) is 0 Å². The molecule has 11 heteroatoms. The highest BCUT2D eigenvalue weighted by atomic mass is 35.5. The van der Waals surface area contributed by atoms with E-state index in [9.17, 15) is 0 Å². The summed E-state index contributed by atoms with van der Waals surface area (Å²) in [7, 11) is 3.22. The Balaban J connectivity index is 0.00000150. The number of ether oxygens (including phenoxy) is 2. The fourth-order valence-corrected chi connectivity index (χ4v) is 3.37. The van der Waals surface area contributed by atoms with Gasteiger partial charge in [0.1, 0.15) is 0 Å². The lowest BCUT2D eigenvalue weighted by molar-refractivity contribution is 0.355. The van der Waals surface area contributed by atoms with E-state index in [1.165, 1.54) is 6.42 Å². The third kappa shape index (κ3) is 4.78. The molecule has 0 radical (unpaired) electrons. The van der Waals surface area contributed by atoms with Crippen molar-refractivity contribution in [3.8, 4) is 22.8 Å². The second-order valence-corrected chi connectivity index (χ2v) is 6.45. The number of piperidine rings is 1. The zero-order valence-corrected chi connectivity index (χ0v) is 17.7. The van der Waals surface area contributed by atoms with Gasteiger partial charge in [-0.05, 0) is 37.5 Å². The summed E-state index contributed by atoms with van der Waals surface area (Å²) in [6.45, 7) is 1.88. The first-order valence-corrected chi connectivity index (χ1v) is 8.97. The molecule has 2 aromatic heterocycles. The average Bonchev–Trinajstić information content (AvgIpc) is 2.73. The molecule has 3 heterocycles. The van der Waals surface area contributed by atoms with Crippen LogP contribution in [0.2, 0.25) is 0 Å². The Morgan fingerprint density at radius 3 is 2.30 bits per heavy atom. The fraction of sp³-hybridized carbons (Fsp3) is 0.368. The number of benzene rings is 1. The normalized spacial score (nSPS) is 12.9. The Bertz CT molecular complexity index is 985. The zero-order chi connectivity index (χ0) is 18.8. The average molecular weight is 439 g/mol. The summed E-state index contributed by atoms with van der Waals surface area (Å²) in [5.74, 6) is 2.28. The largest absolute Gasteiger partial charge is 0.493 e. The summed E-state index contributed by atoms with van der Waals surface area (Å²) in [6, 6.07) is 5.66. The minimum Gasteiger partial charge on any atom is -0.493 e. The smallest absolute Gasteiger partial charge is 0.224 e. The fourth-order valence-electron chi connectivity index (χ4n) is 3.37. The highest BCUT2D eigenvalue weighted by molar-refractivity contribution is 5.86.